The largest absolute Gasteiger partial charge is 0.468 e. The first-order valence-corrected chi connectivity index (χ1v) is 5.35. The minimum atomic E-state index is -0.250. The normalized spacial score (nSPS) is 11.9. The number of carbonyl (C=O) groups excluding carboxylic acids is 2. The van der Waals surface area contributed by atoms with Crippen molar-refractivity contribution >= 4 is 24.0 Å². The fourth-order valence-electron chi connectivity index (χ4n) is 1.04. The maximum atomic E-state index is 11.1. The highest BCUT2D eigenvalue weighted by Gasteiger charge is 2.13. The molecule has 80 valence electrons. The van der Waals surface area contributed by atoms with Crippen molar-refractivity contribution in [3.8, 4) is 0 Å². The van der Waals surface area contributed by atoms with Crippen LogP contribution < -0.4 is 0 Å². The number of rotatable bonds is 4. The monoisotopic (exact) mass is 224 g/mol. The van der Waals surface area contributed by atoms with E-state index in [0.29, 0.717) is 5.56 Å². The number of esters is 1. The molecule has 15 heavy (non-hydrogen) atoms. The van der Waals surface area contributed by atoms with E-state index in [9.17, 15) is 9.59 Å². The number of aldehydes is 1. The summed E-state index contributed by atoms with van der Waals surface area (Å²) in [5.41, 5.74) is 0.630. The molecular formula is C11H12O3S. The highest BCUT2D eigenvalue weighted by atomic mass is 32.2. The minimum Gasteiger partial charge on any atom is -0.468 e. The first kappa shape index (κ1) is 11.8. The maximum absolute atomic E-state index is 11.1. The predicted molar refractivity (Wildman–Crippen MR) is 59.2 cm³/mol. The summed E-state index contributed by atoms with van der Waals surface area (Å²) in [6, 6.07) is 7.07. The van der Waals surface area contributed by atoms with E-state index in [1.165, 1.54) is 18.9 Å². The first-order chi connectivity index (χ1) is 7.17. The van der Waals surface area contributed by atoms with Crippen molar-refractivity contribution < 1.29 is 14.3 Å². The Labute approximate surface area is 92.8 Å². The van der Waals surface area contributed by atoms with Crippen LogP contribution in [0.5, 0.6) is 0 Å². The lowest BCUT2D eigenvalue weighted by molar-refractivity contribution is -0.139. The molecule has 1 rings (SSSR count). The molecule has 1 aromatic carbocycles. The van der Waals surface area contributed by atoms with Crippen LogP contribution in [0.2, 0.25) is 0 Å². The lowest BCUT2D eigenvalue weighted by Crippen LogP contribution is -2.14. The van der Waals surface area contributed by atoms with E-state index in [-0.39, 0.29) is 11.2 Å². The van der Waals surface area contributed by atoms with E-state index in [0.717, 1.165) is 11.2 Å². The van der Waals surface area contributed by atoms with Gasteiger partial charge in [-0.05, 0) is 19.1 Å². The molecule has 0 radical (unpaired) electrons. The van der Waals surface area contributed by atoms with Crippen molar-refractivity contribution in [1.82, 2.24) is 0 Å². The lowest BCUT2D eigenvalue weighted by Gasteiger charge is -2.08. The van der Waals surface area contributed by atoms with E-state index in [4.69, 9.17) is 0 Å². The maximum Gasteiger partial charge on any atom is 0.318 e. The Morgan fingerprint density at radius 3 is 2.47 bits per heavy atom. The van der Waals surface area contributed by atoms with Crippen LogP contribution >= 0.6 is 11.8 Å². The summed E-state index contributed by atoms with van der Waals surface area (Å²) in [4.78, 5) is 22.5. The molecule has 0 aromatic heterocycles. The van der Waals surface area contributed by atoms with E-state index >= 15 is 0 Å². The number of carbonyl (C=O) groups is 2. The predicted octanol–water partition coefficient (Wildman–Crippen LogP) is 2.15. The van der Waals surface area contributed by atoms with Gasteiger partial charge >= 0.3 is 5.97 Å². The molecule has 0 heterocycles. The second kappa shape index (κ2) is 5.56. The zero-order chi connectivity index (χ0) is 11.3. The Bertz CT molecular complexity index is 345. The van der Waals surface area contributed by atoms with Gasteiger partial charge in [-0.25, -0.2) is 0 Å². The van der Waals surface area contributed by atoms with Crippen molar-refractivity contribution in [2.45, 2.75) is 17.1 Å². The molecule has 4 heteroatoms. The molecule has 0 saturated carbocycles. The Balaban J connectivity index is 2.64. The lowest BCUT2D eigenvalue weighted by atomic mass is 10.2. The highest BCUT2D eigenvalue weighted by Crippen LogP contribution is 2.23. The Morgan fingerprint density at radius 1 is 1.40 bits per heavy atom. The fraction of sp³-hybridized carbons (Fsp3) is 0.273. The van der Waals surface area contributed by atoms with Crippen LogP contribution in [0.15, 0.2) is 29.2 Å². The van der Waals surface area contributed by atoms with Gasteiger partial charge in [-0.3, -0.25) is 9.59 Å². The second-order valence-electron chi connectivity index (χ2n) is 2.97. The van der Waals surface area contributed by atoms with Gasteiger partial charge < -0.3 is 4.74 Å². The van der Waals surface area contributed by atoms with Crippen LogP contribution in [0, 0.1) is 0 Å². The smallest absolute Gasteiger partial charge is 0.318 e. The molecule has 1 unspecified atom stereocenters. The molecule has 0 fully saturated rings. The summed E-state index contributed by atoms with van der Waals surface area (Å²) in [6.07, 6.45) is 0.790. The molecule has 0 aliphatic heterocycles. The third-order valence-electron chi connectivity index (χ3n) is 1.86. The topological polar surface area (TPSA) is 43.4 Å². The number of ether oxygens (including phenoxy) is 1. The highest BCUT2D eigenvalue weighted by molar-refractivity contribution is 8.00. The molecule has 1 aromatic rings. The zero-order valence-electron chi connectivity index (χ0n) is 8.60. The van der Waals surface area contributed by atoms with Gasteiger partial charge in [-0.15, -0.1) is 11.8 Å². The standard InChI is InChI=1S/C11H12O3S/c1-8(11(13)14-2)15-10-5-3-9(7-12)4-6-10/h3-8H,1-2H3. The number of thioether (sulfide) groups is 1. The van der Waals surface area contributed by atoms with Gasteiger partial charge in [-0.2, -0.15) is 0 Å². The molecule has 0 aliphatic rings. The van der Waals surface area contributed by atoms with Crippen molar-refractivity contribution in [3.63, 3.8) is 0 Å². The number of hydrogen-bond donors (Lipinski definition) is 0. The summed E-state index contributed by atoms with van der Waals surface area (Å²) in [5.74, 6) is -0.250. The summed E-state index contributed by atoms with van der Waals surface area (Å²) < 4.78 is 4.61. The number of benzene rings is 1. The van der Waals surface area contributed by atoms with Gasteiger partial charge in [0, 0.05) is 10.5 Å². The van der Waals surface area contributed by atoms with Crippen LogP contribution in [0.4, 0.5) is 0 Å². The SMILES string of the molecule is COC(=O)C(C)Sc1ccc(C=O)cc1. The van der Waals surface area contributed by atoms with Crippen molar-refractivity contribution in [2.75, 3.05) is 7.11 Å². The Hall–Kier alpha value is -1.29. The molecule has 0 amide bonds. The van der Waals surface area contributed by atoms with Crippen LogP contribution in [-0.2, 0) is 9.53 Å². The van der Waals surface area contributed by atoms with Gasteiger partial charge in [0.2, 0.25) is 0 Å². The third-order valence-corrected chi connectivity index (χ3v) is 2.95. The summed E-state index contributed by atoms with van der Waals surface area (Å²) >= 11 is 1.40. The van der Waals surface area contributed by atoms with Gasteiger partial charge in [0.25, 0.3) is 0 Å². The van der Waals surface area contributed by atoms with Gasteiger partial charge in [-0.1, -0.05) is 12.1 Å². The van der Waals surface area contributed by atoms with Crippen LogP contribution in [0.1, 0.15) is 17.3 Å². The third kappa shape index (κ3) is 3.40. The molecular weight excluding hydrogens is 212 g/mol. The van der Waals surface area contributed by atoms with Crippen molar-refractivity contribution in [2.24, 2.45) is 0 Å². The molecule has 0 bridgehead atoms. The number of hydrogen-bond acceptors (Lipinski definition) is 4. The molecule has 0 aliphatic carbocycles. The van der Waals surface area contributed by atoms with Crippen molar-refractivity contribution in [3.05, 3.63) is 29.8 Å². The average Bonchev–Trinajstić information content (AvgIpc) is 2.29. The van der Waals surface area contributed by atoms with E-state index in [1.807, 2.05) is 12.1 Å². The van der Waals surface area contributed by atoms with Crippen LogP contribution in [-0.4, -0.2) is 24.6 Å². The summed E-state index contributed by atoms with van der Waals surface area (Å²) in [7, 11) is 1.37. The minimum absolute atomic E-state index is 0.239. The van der Waals surface area contributed by atoms with Crippen molar-refractivity contribution in [1.29, 1.82) is 0 Å². The molecule has 0 spiro atoms. The van der Waals surface area contributed by atoms with E-state index < -0.39 is 0 Å². The fourth-order valence-corrected chi connectivity index (χ4v) is 1.94. The Morgan fingerprint density at radius 2 is 2.00 bits per heavy atom. The van der Waals surface area contributed by atoms with E-state index in [2.05, 4.69) is 4.74 Å². The zero-order valence-corrected chi connectivity index (χ0v) is 9.41. The second-order valence-corrected chi connectivity index (χ2v) is 4.38. The summed E-state index contributed by atoms with van der Waals surface area (Å²) in [6.45, 7) is 1.78. The van der Waals surface area contributed by atoms with Gasteiger partial charge in [0.15, 0.2) is 0 Å². The Kier molecular flexibility index (Phi) is 4.37. The number of methoxy groups -OCH3 is 1. The van der Waals surface area contributed by atoms with Gasteiger partial charge in [0.1, 0.15) is 11.5 Å². The van der Waals surface area contributed by atoms with E-state index in [1.54, 1.807) is 19.1 Å². The average molecular weight is 224 g/mol. The molecule has 3 nitrogen and oxygen atoms in total. The first-order valence-electron chi connectivity index (χ1n) is 4.47. The quantitative estimate of drug-likeness (QED) is 0.446. The van der Waals surface area contributed by atoms with Crippen LogP contribution in [0.25, 0.3) is 0 Å². The van der Waals surface area contributed by atoms with Gasteiger partial charge in [0.05, 0.1) is 7.11 Å². The molecule has 1 atom stereocenters. The summed E-state index contributed by atoms with van der Waals surface area (Å²) in [5, 5.41) is -0.239. The molecule has 0 N–H and O–H groups in total. The molecule has 0 saturated heterocycles. The van der Waals surface area contributed by atoms with Crippen LogP contribution in [0.3, 0.4) is 0 Å².